The first-order chi connectivity index (χ1) is 8.07. The van der Waals surface area contributed by atoms with Gasteiger partial charge in [-0.2, -0.15) is 16.8 Å². The van der Waals surface area contributed by atoms with Crippen molar-refractivity contribution in [3.63, 3.8) is 0 Å². The van der Waals surface area contributed by atoms with Crippen LogP contribution >= 0.6 is 0 Å². The lowest BCUT2D eigenvalue weighted by Gasteiger charge is -2.11. The molecule has 0 radical (unpaired) electrons. The van der Waals surface area contributed by atoms with Gasteiger partial charge in [0.15, 0.2) is 0 Å². The molecule has 1 aromatic rings. The molecule has 0 saturated heterocycles. The molecule has 0 aliphatic rings. The Morgan fingerprint density at radius 2 is 1.61 bits per heavy atom. The summed E-state index contributed by atoms with van der Waals surface area (Å²) in [4.78, 5) is -1.37. The van der Waals surface area contributed by atoms with E-state index in [1.165, 1.54) is 6.92 Å². The number of hydrogen-bond acceptors (Lipinski definition) is 6. The van der Waals surface area contributed by atoms with Gasteiger partial charge in [0.2, 0.25) is 0 Å². The van der Waals surface area contributed by atoms with Crippen molar-refractivity contribution in [3.8, 4) is 5.75 Å². The van der Waals surface area contributed by atoms with Crippen molar-refractivity contribution in [1.29, 1.82) is 0 Å². The molecule has 1 aromatic carbocycles. The molecule has 4 N–H and O–H groups in total. The summed E-state index contributed by atoms with van der Waals surface area (Å²) in [7, 11) is -9.24. The van der Waals surface area contributed by atoms with Crippen LogP contribution in [-0.2, 0) is 20.2 Å². The molecule has 0 unspecified atom stereocenters. The molecule has 102 valence electrons. The third-order valence-corrected chi connectivity index (χ3v) is 3.72. The number of hydrogen-bond donors (Lipinski definition) is 3. The van der Waals surface area contributed by atoms with Crippen LogP contribution in [0.1, 0.15) is 6.92 Å². The topological polar surface area (TPSA) is 144 Å². The smallest absolute Gasteiger partial charge is 0.298 e. The molecular weight excluding hydrogens is 286 g/mol. The lowest BCUT2D eigenvalue weighted by atomic mass is 10.3. The Kier molecular flexibility index (Phi) is 3.86. The maximum Gasteiger partial charge on any atom is 0.298 e. The van der Waals surface area contributed by atoms with Gasteiger partial charge >= 0.3 is 0 Å². The summed E-state index contributed by atoms with van der Waals surface area (Å²) in [6.07, 6.45) is 0. The van der Waals surface area contributed by atoms with Crippen molar-refractivity contribution in [3.05, 3.63) is 12.1 Å². The Morgan fingerprint density at radius 1 is 1.11 bits per heavy atom. The molecule has 0 aromatic heterocycles. The summed E-state index contributed by atoms with van der Waals surface area (Å²) >= 11 is 0. The Morgan fingerprint density at radius 3 is 2.00 bits per heavy atom. The molecule has 0 aliphatic heterocycles. The standard InChI is InChI=1S/C8H11NO7S2/c1-2-16-6-4-7(17(10,11)12)5(9)3-8(6)18(13,14)15/h3-4H,2,9H2,1H3,(H,10,11,12)(H,13,14,15). The van der Waals surface area contributed by atoms with Crippen molar-refractivity contribution in [2.24, 2.45) is 0 Å². The van der Waals surface area contributed by atoms with Gasteiger partial charge in [-0.05, 0) is 13.0 Å². The lowest BCUT2D eigenvalue weighted by Crippen LogP contribution is -2.09. The average Bonchev–Trinajstić information content (AvgIpc) is 2.17. The van der Waals surface area contributed by atoms with E-state index >= 15 is 0 Å². The van der Waals surface area contributed by atoms with Gasteiger partial charge in [0.25, 0.3) is 20.2 Å². The van der Waals surface area contributed by atoms with E-state index in [-0.39, 0.29) is 6.61 Å². The van der Waals surface area contributed by atoms with Gasteiger partial charge < -0.3 is 10.5 Å². The third kappa shape index (κ3) is 3.10. The number of nitrogen functional groups attached to an aromatic ring is 1. The predicted octanol–water partition coefficient (Wildman–Crippen LogP) is 0.161. The predicted molar refractivity (Wildman–Crippen MR) is 61.7 cm³/mol. The van der Waals surface area contributed by atoms with E-state index in [2.05, 4.69) is 0 Å². The van der Waals surface area contributed by atoms with Crippen LogP contribution < -0.4 is 10.5 Å². The molecule has 10 heteroatoms. The van der Waals surface area contributed by atoms with Crippen LogP contribution in [0.15, 0.2) is 21.9 Å². The molecule has 18 heavy (non-hydrogen) atoms. The van der Waals surface area contributed by atoms with Crippen LogP contribution in [0.25, 0.3) is 0 Å². The van der Waals surface area contributed by atoms with E-state index in [1.54, 1.807) is 0 Å². The monoisotopic (exact) mass is 297 g/mol. The van der Waals surface area contributed by atoms with Crippen LogP contribution in [0.5, 0.6) is 5.75 Å². The Bertz CT molecular complexity index is 663. The van der Waals surface area contributed by atoms with E-state index in [9.17, 15) is 16.8 Å². The summed E-state index contributed by atoms with van der Waals surface area (Å²) < 4.78 is 66.8. The van der Waals surface area contributed by atoms with Gasteiger partial charge in [-0.25, -0.2) is 0 Å². The zero-order valence-corrected chi connectivity index (χ0v) is 10.8. The molecule has 0 heterocycles. The highest BCUT2D eigenvalue weighted by atomic mass is 32.2. The average molecular weight is 297 g/mol. The quantitative estimate of drug-likeness (QED) is 0.526. The SMILES string of the molecule is CCOc1cc(S(=O)(=O)O)c(N)cc1S(=O)(=O)O. The fraction of sp³-hybridized carbons (Fsp3) is 0.250. The van der Waals surface area contributed by atoms with E-state index < -0.39 is 41.5 Å². The van der Waals surface area contributed by atoms with Gasteiger partial charge in [0.1, 0.15) is 15.5 Å². The van der Waals surface area contributed by atoms with Gasteiger partial charge in [0, 0.05) is 6.07 Å². The first-order valence-corrected chi connectivity index (χ1v) is 7.46. The van der Waals surface area contributed by atoms with Crippen molar-refractivity contribution in [2.45, 2.75) is 16.7 Å². The van der Waals surface area contributed by atoms with E-state index in [4.69, 9.17) is 19.6 Å². The lowest BCUT2D eigenvalue weighted by molar-refractivity contribution is 0.328. The highest BCUT2D eigenvalue weighted by molar-refractivity contribution is 7.86. The summed E-state index contributed by atoms with van der Waals surface area (Å²) in [5, 5.41) is 0. The second kappa shape index (κ2) is 4.72. The first-order valence-electron chi connectivity index (χ1n) is 4.58. The first kappa shape index (κ1) is 14.7. The van der Waals surface area contributed by atoms with E-state index in [1.807, 2.05) is 0 Å². The molecule has 0 aliphatic carbocycles. The van der Waals surface area contributed by atoms with Crippen molar-refractivity contribution >= 4 is 25.9 Å². The van der Waals surface area contributed by atoms with Crippen LogP contribution in [0.4, 0.5) is 5.69 Å². The molecule has 0 saturated carbocycles. The summed E-state index contributed by atoms with van der Waals surface area (Å²) in [6.45, 7) is 1.55. The normalized spacial score (nSPS) is 12.4. The van der Waals surface area contributed by atoms with Crippen molar-refractivity contribution in [1.82, 2.24) is 0 Å². The summed E-state index contributed by atoms with van der Waals surface area (Å²) in [5.74, 6) is -0.415. The number of ether oxygens (including phenoxy) is 1. The minimum atomic E-state index is -4.62. The molecule has 0 amide bonds. The van der Waals surface area contributed by atoms with Gasteiger partial charge in [-0.15, -0.1) is 0 Å². The van der Waals surface area contributed by atoms with Crippen LogP contribution in [0.2, 0.25) is 0 Å². The molecule has 0 fully saturated rings. The Hall–Kier alpha value is -1.36. The van der Waals surface area contributed by atoms with Crippen LogP contribution in [0, 0.1) is 0 Å². The van der Waals surface area contributed by atoms with Gasteiger partial charge in [-0.3, -0.25) is 9.11 Å². The number of nitrogens with two attached hydrogens (primary N) is 1. The highest BCUT2D eigenvalue weighted by Gasteiger charge is 2.23. The molecule has 0 bridgehead atoms. The summed E-state index contributed by atoms with van der Waals surface area (Å²) in [5.41, 5.74) is 4.78. The number of anilines is 1. The van der Waals surface area contributed by atoms with Crippen molar-refractivity contribution < 1.29 is 30.7 Å². The fourth-order valence-electron chi connectivity index (χ4n) is 1.25. The van der Waals surface area contributed by atoms with Gasteiger partial charge in [0.05, 0.1) is 12.3 Å². The maximum absolute atomic E-state index is 11.0. The zero-order valence-electron chi connectivity index (χ0n) is 9.19. The molecule has 8 nitrogen and oxygen atoms in total. The van der Waals surface area contributed by atoms with E-state index in [0.29, 0.717) is 6.07 Å². The van der Waals surface area contributed by atoms with Crippen LogP contribution in [0.3, 0.4) is 0 Å². The molecule has 0 atom stereocenters. The third-order valence-electron chi connectivity index (χ3n) is 1.93. The van der Waals surface area contributed by atoms with Crippen molar-refractivity contribution in [2.75, 3.05) is 12.3 Å². The van der Waals surface area contributed by atoms with Crippen LogP contribution in [-0.4, -0.2) is 32.5 Å². The van der Waals surface area contributed by atoms with Gasteiger partial charge in [-0.1, -0.05) is 0 Å². The maximum atomic E-state index is 11.0. The molecular formula is C8H11NO7S2. The summed E-state index contributed by atoms with van der Waals surface area (Å²) in [6, 6.07) is 1.43. The molecule has 0 spiro atoms. The number of rotatable bonds is 4. The minimum absolute atomic E-state index is 0.0252. The highest BCUT2D eigenvalue weighted by Crippen LogP contribution is 2.31. The second-order valence-electron chi connectivity index (χ2n) is 3.22. The second-order valence-corrected chi connectivity index (χ2v) is 6.00. The number of benzene rings is 1. The van der Waals surface area contributed by atoms with E-state index in [0.717, 1.165) is 6.07 Å². The minimum Gasteiger partial charge on any atom is -0.492 e. The Labute approximate surface area is 104 Å². The fourth-order valence-corrected chi connectivity index (χ4v) is 2.51. The zero-order chi connectivity index (χ0) is 14.1. The largest absolute Gasteiger partial charge is 0.492 e. The molecule has 1 rings (SSSR count). The Balaban J connectivity index is 3.65.